The fourth-order valence-electron chi connectivity index (χ4n) is 1.95. The van der Waals surface area contributed by atoms with Crippen LogP contribution in [0.2, 0.25) is 0 Å². The second-order valence-corrected chi connectivity index (χ2v) is 4.34. The third kappa shape index (κ3) is 4.33. The van der Waals surface area contributed by atoms with Gasteiger partial charge in [-0.2, -0.15) is 0 Å². The van der Waals surface area contributed by atoms with Crippen LogP contribution in [-0.2, 0) is 6.54 Å². The van der Waals surface area contributed by atoms with E-state index in [0.717, 1.165) is 31.0 Å². The number of aliphatic imine (C=N–C) groups is 1. The predicted molar refractivity (Wildman–Crippen MR) is 95.7 cm³/mol. The van der Waals surface area contributed by atoms with Gasteiger partial charge in [0.05, 0.1) is 5.52 Å². The maximum Gasteiger partial charge on any atom is 0.191 e. The summed E-state index contributed by atoms with van der Waals surface area (Å²) < 4.78 is 0. The van der Waals surface area contributed by atoms with Crippen molar-refractivity contribution in [2.75, 3.05) is 13.6 Å². The van der Waals surface area contributed by atoms with Gasteiger partial charge in [0, 0.05) is 31.7 Å². The Morgan fingerprint density at radius 2 is 2.00 bits per heavy atom. The van der Waals surface area contributed by atoms with Gasteiger partial charge < -0.3 is 10.6 Å². The molecule has 1 heterocycles. The number of nitrogens with one attached hydrogen (secondary N) is 2. The maximum absolute atomic E-state index is 4.37. The highest BCUT2D eigenvalue weighted by atomic mass is 127. The zero-order valence-corrected chi connectivity index (χ0v) is 14.2. The van der Waals surface area contributed by atoms with Gasteiger partial charge >= 0.3 is 0 Å². The number of aromatic nitrogens is 1. The average Bonchev–Trinajstić information content (AvgIpc) is 2.47. The quantitative estimate of drug-likeness (QED) is 0.484. The number of hydrogen-bond acceptors (Lipinski definition) is 2. The van der Waals surface area contributed by atoms with Crippen LogP contribution in [0.1, 0.15) is 18.9 Å². The van der Waals surface area contributed by atoms with Crippen LogP contribution in [-0.4, -0.2) is 24.5 Å². The molecule has 0 aliphatic rings. The summed E-state index contributed by atoms with van der Waals surface area (Å²) in [6.07, 6.45) is 2.93. The normalized spacial score (nSPS) is 11.0. The molecule has 0 saturated carbocycles. The first-order chi connectivity index (χ1) is 9.35. The van der Waals surface area contributed by atoms with E-state index in [0.29, 0.717) is 0 Å². The molecule has 1 aromatic carbocycles. The van der Waals surface area contributed by atoms with Crippen molar-refractivity contribution in [3.05, 3.63) is 42.1 Å². The van der Waals surface area contributed by atoms with E-state index in [1.54, 1.807) is 7.05 Å². The van der Waals surface area contributed by atoms with Gasteiger partial charge in [-0.15, -0.1) is 24.0 Å². The zero-order valence-electron chi connectivity index (χ0n) is 11.9. The molecular formula is C15H21IN4. The Balaban J connectivity index is 0.00000200. The molecule has 0 saturated heterocycles. The standard InChI is InChI=1S/C15H20N4.HI/c1-3-9-18-15(16-2)19-11-12-8-10-17-14-7-5-4-6-13(12)14;/h4-8,10H,3,9,11H2,1-2H3,(H2,16,18,19);1H. The predicted octanol–water partition coefficient (Wildman–Crippen LogP) is 2.93. The van der Waals surface area contributed by atoms with Gasteiger partial charge in [0.1, 0.15) is 0 Å². The molecule has 20 heavy (non-hydrogen) atoms. The SMILES string of the molecule is CCCNC(=NC)NCc1ccnc2ccccc12.I. The Morgan fingerprint density at radius 3 is 2.75 bits per heavy atom. The minimum atomic E-state index is 0. The van der Waals surface area contributed by atoms with Crippen LogP contribution < -0.4 is 10.6 Å². The Bertz CT molecular complexity index is 563. The van der Waals surface area contributed by atoms with Crippen molar-refractivity contribution < 1.29 is 0 Å². The van der Waals surface area contributed by atoms with E-state index in [1.165, 1.54) is 10.9 Å². The number of fused-ring (bicyclic) bond motifs is 1. The average molecular weight is 384 g/mol. The molecule has 0 fully saturated rings. The minimum absolute atomic E-state index is 0. The first-order valence-corrected chi connectivity index (χ1v) is 6.62. The molecule has 2 N–H and O–H groups in total. The van der Waals surface area contributed by atoms with Gasteiger partial charge in [0.2, 0.25) is 0 Å². The molecule has 0 unspecified atom stereocenters. The van der Waals surface area contributed by atoms with Crippen molar-refractivity contribution >= 4 is 40.8 Å². The second kappa shape index (κ2) is 8.73. The molecular weight excluding hydrogens is 363 g/mol. The Morgan fingerprint density at radius 1 is 1.20 bits per heavy atom. The van der Waals surface area contributed by atoms with E-state index in [-0.39, 0.29) is 24.0 Å². The summed E-state index contributed by atoms with van der Waals surface area (Å²) in [6, 6.07) is 10.2. The largest absolute Gasteiger partial charge is 0.356 e. The molecule has 0 radical (unpaired) electrons. The summed E-state index contributed by atoms with van der Waals surface area (Å²) in [5.74, 6) is 0.836. The van der Waals surface area contributed by atoms with Crippen LogP contribution in [0.3, 0.4) is 0 Å². The highest BCUT2D eigenvalue weighted by molar-refractivity contribution is 14.0. The number of nitrogens with zero attached hydrogens (tertiary/aromatic N) is 2. The van der Waals surface area contributed by atoms with Gasteiger partial charge in [-0.05, 0) is 24.1 Å². The lowest BCUT2D eigenvalue weighted by atomic mass is 10.1. The van der Waals surface area contributed by atoms with Crippen molar-refractivity contribution in [1.29, 1.82) is 0 Å². The summed E-state index contributed by atoms with van der Waals surface area (Å²) in [7, 11) is 1.79. The summed E-state index contributed by atoms with van der Waals surface area (Å²) in [6.45, 7) is 3.81. The molecule has 1 aromatic heterocycles. The van der Waals surface area contributed by atoms with Crippen molar-refractivity contribution in [3.8, 4) is 0 Å². The number of para-hydroxylation sites is 1. The van der Waals surface area contributed by atoms with Gasteiger partial charge in [-0.3, -0.25) is 9.98 Å². The number of guanidine groups is 1. The third-order valence-corrected chi connectivity index (χ3v) is 2.95. The summed E-state index contributed by atoms with van der Waals surface area (Å²) in [5, 5.41) is 7.77. The van der Waals surface area contributed by atoms with Gasteiger partial charge in [0.25, 0.3) is 0 Å². The number of rotatable bonds is 4. The monoisotopic (exact) mass is 384 g/mol. The van der Waals surface area contributed by atoms with Crippen LogP contribution >= 0.6 is 24.0 Å². The Hall–Kier alpha value is -1.37. The summed E-state index contributed by atoms with van der Waals surface area (Å²) in [5.41, 5.74) is 2.25. The Kier molecular flexibility index (Phi) is 7.28. The van der Waals surface area contributed by atoms with E-state index in [1.807, 2.05) is 30.5 Å². The molecule has 2 aromatic rings. The fraction of sp³-hybridized carbons (Fsp3) is 0.333. The molecule has 108 valence electrons. The van der Waals surface area contributed by atoms with E-state index in [2.05, 4.69) is 33.6 Å². The molecule has 0 spiro atoms. The lowest BCUT2D eigenvalue weighted by Crippen LogP contribution is -2.37. The summed E-state index contributed by atoms with van der Waals surface area (Å²) >= 11 is 0. The number of pyridine rings is 1. The van der Waals surface area contributed by atoms with Gasteiger partial charge in [-0.1, -0.05) is 25.1 Å². The van der Waals surface area contributed by atoms with E-state index in [9.17, 15) is 0 Å². The molecule has 4 nitrogen and oxygen atoms in total. The van der Waals surface area contributed by atoms with Crippen molar-refractivity contribution in [3.63, 3.8) is 0 Å². The minimum Gasteiger partial charge on any atom is -0.356 e. The van der Waals surface area contributed by atoms with E-state index in [4.69, 9.17) is 0 Å². The van der Waals surface area contributed by atoms with Gasteiger partial charge in [0.15, 0.2) is 5.96 Å². The van der Waals surface area contributed by atoms with Crippen LogP contribution in [0.4, 0.5) is 0 Å². The topological polar surface area (TPSA) is 49.3 Å². The van der Waals surface area contributed by atoms with Crippen molar-refractivity contribution in [2.45, 2.75) is 19.9 Å². The molecule has 0 aliphatic heterocycles. The van der Waals surface area contributed by atoms with Crippen molar-refractivity contribution in [1.82, 2.24) is 15.6 Å². The van der Waals surface area contributed by atoms with Crippen LogP contribution in [0.5, 0.6) is 0 Å². The third-order valence-electron chi connectivity index (χ3n) is 2.95. The number of hydrogen-bond donors (Lipinski definition) is 2. The van der Waals surface area contributed by atoms with Gasteiger partial charge in [-0.25, -0.2) is 0 Å². The molecule has 0 amide bonds. The molecule has 2 rings (SSSR count). The number of halogens is 1. The van der Waals surface area contributed by atoms with Crippen LogP contribution in [0.25, 0.3) is 10.9 Å². The fourth-order valence-corrected chi connectivity index (χ4v) is 1.95. The van der Waals surface area contributed by atoms with Crippen molar-refractivity contribution in [2.24, 2.45) is 4.99 Å². The Labute approximate surface area is 137 Å². The zero-order chi connectivity index (χ0) is 13.5. The van der Waals surface area contributed by atoms with E-state index >= 15 is 0 Å². The molecule has 5 heteroatoms. The first kappa shape index (κ1) is 16.7. The first-order valence-electron chi connectivity index (χ1n) is 6.62. The maximum atomic E-state index is 4.37. The molecule has 0 bridgehead atoms. The molecule has 0 aliphatic carbocycles. The van der Waals surface area contributed by atoms with Crippen LogP contribution in [0.15, 0.2) is 41.5 Å². The highest BCUT2D eigenvalue weighted by Crippen LogP contribution is 2.15. The smallest absolute Gasteiger partial charge is 0.191 e. The second-order valence-electron chi connectivity index (χ2n) is 4.34. The molecule has 0 atom stereocenters. The highest BCUT2D eigenvalue weighted by Gasteiger charge is 2.02. The van der Waals surface area contributed by atoms with E-state index < -0.39 is 0 Å². The lowest BCUT2D eigenvalue weighted by Gasteiger charge is -2.12. The van der Waals surface area contributed by atoms with Crippen LogP contribution in [0, 0.1) is 0 Å². The summed E-state index contributed by atoms with van der Waals surface area (Å²) in [4.78, 5) is 8.56. The number of benzene rings is 1. The lowest BCUT2D eigenvalue weighted by molar-refractivity contribution is 0.783.